The lowest BCUT2D eigenvalue weighted by molar-refractivity contribution is 0.0430. The van der Waals surface area contributed by atoms with Crippen molar-refractivity contribution in [3.63, 3.8) is 0 Å². The fourth-order valence-electron chi connectivity index (χ4n) is 2.16. The molecule has 0 fully saturated rings. The number of aromatic hydroxyl groups is 1. The number of carbonyl (C=O) groups is 1. The van der Waals surface area contributed by atoms with Gasteiger partial charge in [-0.1, -0.05) is 17.3 Å². The van der Waals surface area contributed by atoms with E-state index in [-0.39, 0.29) is 18.2 Å². The molecule has 0 aliphatic rings. The first-order valence-corrected chi connectivity index (χ1v) is 7.68. The van der Waals surface area contributed by atoms with Gasteiger partial charge in [-0.05, 0) is 43.3 Å². The zero-order valence-electron chi connectivity index (χ0n) is 13.5. The highest BCUT2D eigenvalue weighted by Gasteiger charge is 2.15. The maximum Gasteiger partial charge on any atom is 0.338 e. The Morgan fingerprint density at radius 3 is 2.68 bits per heavy atom. The Labute approximate surface area is 143 Å². The highest BCUT2D eigenvalue weighted by atomic mass is 16.6. The maximum atomic E-state index is 11.9. The van der Waals surface area contributed by atoms with Crippen LogP contribution in [-0.4, -0.2) is 27.8 Å². The van der Waals surface area contributed by atoms with Crippen molar-refractivity contribution in [3.8, 4) is 22.9 Å². The van der Waals surface area contributed by atoms with Crippen molar-refractivity contribution in [2.75, 3.05) is 6.61 Å². The lowest BCUT2D eigenvalue weighted by Gasteiger charge is -2.06. The lowest BCUT2D eigenvalue weighted by atomic mass is 10.2. The number of esters is 1. The van der Waals surface area contributed by atoms with Gasteiger partial charge in [0, 0.05) is 0 Å². The maximum absolute atomic E-state index is 11.9. The van der Waals surface area contributed by atoms with E-state index in [4.69, 9.17) is 14.0 Å². The smallest absolute Gasteiger partial charge is 0.338 e. The van der Waals surface area contributed by atoms with Gasteiger partial charge in [0.2, 0.25) is 5.82 Å². The van der Waals surface area contributed by atoms with Crippen LogP contribution in [0.25, 0.3) is 11.4 Å². The molecule has 7 nitrogen and oxygen atoms in total. The zero-order chi connectivity index (χ0) is 17.6. The van der Waals surface area contributed by atoms with E-state index in [2.05, 4.69) is 10.1 Å². The Kier molecular flexibility index (Phi) is 4.94. The quantitative estimate of drug-likeness (QED) is 0.688. The number of para-hydroxylation sites is 1. The minimum Gasteiger partial charge on any atom is -0.508 e. The summed E-state index contributed by atoms with van der Waals surface area (Å²) in [6.07, 6.45) is 0. The van der Waals surface area contributed by atoms with Crippen LogP contribution in [0.3, 0.4) is 0 Å². The molecule has 3 rings (SSSR count). The molecule has 0 saturated heterocycles. The third kappa shape index (κ3) is 3.95. The molecule has 3 aromatic rings. The van der Waals surface area contributed by atoms with Crippen LogP contribution in [-0.2, 0) is 11.3 Å². The van der Waals surface area contributed by atoms with Gasteiger partial charge < -0.3 is 19.1 Å². The monoisotopic (exact) mass is 340 g/mol. The van der Waals surface area contributed by atoms with E-state index in [9.17, 15) is 9.90 Å². The van der Waals surface area contributed by atoms with Gasteiger partial charge in [-0.3, -0.25) is 0 Å². The fraction of sp³-hybridized carbons (Fsp3) is 0.167. The number of nitrogens with zero attached hydrogens (tertiary/aromatic N) is 2. The summed E-state index contributed by atoms with van der Waals surface area (Å²) in [5.41, 5.74) is 1.02. The molecular formula is C18H16N2O5. The predicted molar refractivity (Wildman–Crippen MR) is 88.1 cm³/mol. The highest BCUT2D eigenvalue weighted by Crippen LogP contribution is 2.27. The number of hydrogen-bond donors (Lipinski definition) is 1. The second-order valence-electron chi connectivity index (χ2n) is 5.06. The summed E-state index contributed by atoms with van der Waals surface area (Å²) in [6, 6.07) is 13.1. The van der Waals surface area contributed by atoms with Gasteiger partial charge in [-0.15, -0.1) is 0 Å². The Hall–Kier alpha value is -3.35. The molecule has 25 heavy (non-hydrogen) atoms. The van der Waals surface area contributed by atoms with Gasteiger partial charge in [0.25, 0.3) is 5.89 Å². The van der Waals surface area contributed by atoms with Crippen LogP contribution < -0.4 is 4.74 Å². The number of benzene rings is 2. The van der Waals surface area contributed by atoms with Crippen LogP contribution in [0.15, 0.2) is 53.1 Å². The van der Waals surface area contributed by atoms with Gasteiger partial charge in [0.1, 0.15) is 11.5 Å². The number of aromatic nitrogens is 2. The van der Waals surface area contributed by atoms with Gasteiger partial charge in [0.05, 0.1) is 17.7 Å². The number of ether oxygens (including phenoxy) is 2. The van der Waals surface area contributed by atoms with E-state index >= 15 is 0 Å². The summed E-state index contributed by atoms with van der Waals surface area (Å²) in [5, 5.41) is 13.1. The molecule has 0 aliphatic heterocycles. The van der Waals surface area contributed by atoms with E-state index < -0.39 is 5.97 Å². The van der Waals surface area contributed by atoms with Crippen molar-refractivity contribution in [1.29, 1.82) is 0 Å². The molecule has 0 amide bonds. The molecule has 1 heterocycles. The molecule has 1 aromatic heterocycles. The van der Waals surface area contributed by atoms with Crippen molar-refractivity contribution in [2.45, 2.75) is 13.5 Å². The number of hydrogen-bond acceptors (Lipinski definition) is 7. The van der Waals surface area contributed by atoms with Gasteiger partial charge in [0.15, 0.2) is 6.61 Å². The van der Waals surface area contributed by atoms with Crippen LogP contribution in [0, 0.1) is 0 Å². The summed E-state index contributed by atoms with van der Waals surface area (Å²) >= 11 is 0. The van der Waals surface area contributed by atoms with E-state index in [1.54, 1.807) is 0 Å². The first-order chi connectivity index (χ1) is 12.2. The second-order valence-corrected chi connectivity index (χ2v) is 5.06. The largest absolute Gasteiger partial charge is 0.508 e. The number of carbonyl (C=O) groups excluding carboxylic acids is 1. The zero-order valence-corrected chi connectivity index (χ0v) is 13.5. The predicted octanol–water partition coefficient (Wildman–Crippen LogP) is 3.20. The molecule has 2 aromatic carbocycles. The lowest BCUT2D eigenvalue weighted by Crippen LogP contribution is -2.05. The number of phenols is 1. The van der Waals surface area contributed by atoms with Gasteiger partial charge in [-0.2, -0.15) is 4.98 Å². The van der Waals surface area contributed by atoms with E-state index in [1.165, 1.54) is 24.3 Å². The molecule has 1 N–H and O–H groups in total. The molecule has 0 spiro atoms. The number of rotatable bonds is 6. The highest BCUT2D eigenvalue weighted by molar-refractivity contribution is 5.89. The normalized spacial score (nSPS) is 10.4. The standard InChI is InChI=1S/C18H16N2O5/c1-2-23-15-6-4-3-5-14(15)17-19-16(25-20-17)11-24-18(22)12-7-9-13(21)10-8-12/h3-10,21H,2,11H2,1H3. The number of phenolic OH excluding ortho intramolecular Hbond substituents is 1. The molecule has 7 heteroatoms. The van der Waals surface area contributed by atoms with Gasteiger partial charge >= 0.3 is 5.97 Å². The summed E-state index contributed by atoms with van der Waals surface area (Å²) in [5.74, 6) is 0.715. The summed E-state index contributed by atoms with van der Waals surface area (Å²) in [6.45, 7) is 2.26. The topological polar surface area (TPSA) is 94.7 Å². The van der Waals surface area contributed by atoms with Crippen molar-refractivity contribution >= 4 is 5.97 Å². The minimum absolute atomic E-state index is 0.0751. The van der Waals surface area contributed by atoms with E-state index in [0.29, 0.717) is 29.3 Å². The average molecular weight is 340 g/mol. The Morgan fingerprint density at radius 2 is 1.92 bits per heavy atom. The summed E-state index contributed by atoms with van der Waals surface area (Å²) in [4.78, 5) is 16.2. The van der Waals surface area contributed by atoms with Crippen molar-refractivity contribution in [2.24, 2.45) is 0 Å². The van der Waals surface area contributed by atoms with Crippen LogP contribution in [0.1, 0.15) is 23.2 Å². The van der Waals surface area contributed by atoms with Crippen molar-refractivity contribution in [3.05, 3.63) is 60.0 Å². The first kappa shape index (κ1) is 16.5. The van der Waals surface area contributed by atoms with Crippen molar-refractivity contribution < 1.29 is 23.9 Å². The van der Waals surface area contributed by atoms with Crippen LogP contribution in [0.5, 0.6) is 11.5 Å². The summed E-state index contributed by atoms with van der Waals surface area (Å²) in [7, 11) is 0. The average Bonchev–Trinajstić information content (AvgIpc) is 3.10. The molecule has 0 atom stereocenters. The van der Waals surface area contributed by atoms with Crippen LogP contribution in [0.2, 0.25) is 0 Å². The van der Waals surface area contributed by atoms with E-state index in [1.807, 2.05) is 31.2 Å². The van der Waals surface area contributed by atoms with E-state index in [0.717, 1.165) is 0 Å². The summed E-state index contributed by atoms with van der Waals surface area (Å²) < 4.78 is 15.8. The Balaban J connectivity index is 1.68. The Bertz CT molecular complexity index is 858. The molecule has 0 aliphatic carbocycles. The third-order valence-electron chi connectivity index (χ3n) is 3.33. The fourth-order valence-corrected chi connectivity index (χ4v) is 2.16. The minimum atomic E-state index is -0.547. The Morgan fingerprint density at radius 1 is 1.16 bits per heavy atom. The SMILES string of the molecule is CCOc1ccccc1-c1noc(COC(=O)c2ccc(O)cc2)n1. The second kappa shape index (κ2) is 7.48. The van der Waals surface area contributed by atoms with Gasteiger partial charge in [-0.25, -0.2) is 4.79 Å². The molecular weight excluding hydrogens is 324 g/mol. The molecule has 0 radical (unpaired) electrons. The molecule has 0 saturated carbocycles. The van der Waals surface area contributed by atoms with Crippen molar-refractivity contribution in [1.82, 2.24) is 10.1 Å². The third-order valence-corrected chi connectivity index (χ3v) is 3.33. The molecule has 0 bridgehead atoms. The first-order valence-electron chi connectivity index (χ1n) is 7.68. The molecule has 0 unspecified atom stereocenters. The van der Waals surface area contributed by atoms with Crippen LogP contribution in [0.4, 0.5) is 0 Å². The van der Waals surface area contributed by atoms with Crippen LogP contribution >= 0.6 is 0 Å². The molecule has 128 valence electrons.